The molecule has 10 nitrogen and oxygen atoms in total. The maximum Gasteiger partial charge on any atom is 0.516 e. The molecular formula is C13H20F9N4O6S2+. The molecule has 0 aliphatic heterocycles. The van der Waals surface area contributed by atoms with Gasteiger partial charge in [-0.25, -0.2) is 27.0 Å². The Morgan fingerprint density at radius 3 is 1.71 bits per heavy atom. The van der Waals surface area contributed by atoms with Crippen molar-refractivity contribution in [3.63, 3.8) is 0 Å². The van der Waals surface area contributed by atoms with Crippen LogP contribution < -0.4 is 14.0 Å². The number of hydrogen-bond donors (Lipinski definition) is 2. The van der Waals surface area contributed by atoms with E-state index in [-0.39, 0.29) is 11.3 Å². The number of rotatable bonds is 6. The van der Waals surface area contributed by atoms with E-state index >= 15 is 0 Å². The summed E-state index contributed by atoms with van der Waals surface area (Å²) in [6, 6.07) is 0. The van der Waals surface area contributed by atoms with E-state index in [0.29, 0.717) is 0 Å². The van der Waals surface area contributed by atoms with Crippen LogP contribution >= 0.6 is 0 Å². The number of alkyl halides is 9. The summed E-state index contributed by atoms with van der Waals surface area (Å²) in [6.45, 7) is 2.69. The molecule has 34 heavy (non-hydrogen) atoms. The van der Waals surface area contributed by atoms with Crippen LogP contribution in [0.3, 0.4) is 0 Å². The molecule has 0 radical (unpaired) electrons. The number of carbonyl (C=O) groups is 1. The molecule has 1 amide bonds. The van der Waals surface area contributed by atoms with Crippen molar-refractivity contribution in [3.8, 4) is 0 Å². The Bertz CT molecular complexity index is 970. The minimum absolute atomic E-state index is 0.102. The standard InChI is InChI=1S/C6H11N2.C4H8F3NO3S.C3HF6NO3S/c1-3-8-5-4-7(2)6-8;1-11-3-2-8-12(9,10)4(5,6)7;4-2(5,6)1(11)10-14(12,13)3(7,8)9/h4-6H,3H2,1-2H3;8H,2-3H2,1H3;(H,10,11)/q+1;;. The first kappa shape index (κ1) is 34.0. The van der Waals surface area contributed by atoms with Crippen LogP contribution in [0.25, 0.3) is 0 Å². The van der Waals surface area contributed by atoms with Crippen molar-refractivity contribution >= 4 is 26.0 Å². The number of ether oxygens (including phenoxy) is 1. The maximum absolute atomic E-state index is 11.6. The molecule has 0 spiro atoms. The largest absolute Gasteiger partial charge is 0.516 e. The molecule has 202 valence electrons. The lowest BCUT2D eigenvalue weighted by atomic mass is 10.6. The molecule has 0 aliphatic rings. The fraction of sp³-hybridized carbons (Fsp3) is 0.692. The van der Waals surface area contributed by atoms with Gasteiger partial charge in [-0.3, -0.25) is 4.79 Å². The van der Waals surface area contributed by atoms with Crippen LogP contribution in [-0.2, 0) is 43.2 Å². The lowest BCUT2D eigenvalue weighted by molar-refractivity contribution is -0.671. The third-order valence-corrected chi connectivity index (χ3v) is 5.14. The van der Waals surface area contributed by atoms with Gasteiger partial charge >= 0.3 is 43.1 Å². The summed E-state index contributed by atoms with van der Waals surface area (Å²) in [6.07, 6.45) is 0.446. The summed E-state index contributed by atoms with van der Waals surface area (Å²) in [4.78, 5) is 9.81. The summed E-state index contributed by atoms with van der Waals surface area (Å²) in [5.41, 5.74) is -11.2. The van der Waals surface area contributed by atoms with Crippen molar-refractivity contribution in [1.29, 1.82) is 0 Å². The lowest BCUT2D eigenvalue weighted by Gasteiger charge is -2.10. The second kappa shape index (κ2) is 13.1. The van der Waals surface area contributed by atoms with Crippen LogP contribution in [0.2, 0.25) is 0 Å². The van der Waals surface area contributed by atoms with Crippen LogP contribution in [-0.4, -0.2) is 64.8 Å². The van der Waals surface area contributed by atoms with Crippen molar-refractivity contribution in [2.75, 3.05) is 20.3 Å². The van der Waals surface area contributed by atoms with Crippen molar-refractivity contribution in [2.24, 2.45) is 7.05 Å². The molecule has 0 unspecified atom stereocenters. The summed E-state index contributed by atoms with van der Waals surface area (Å²) in [7, 11) is -8.23. The average Bonchev–Trinajstić information content (AvgIpc) is 3.05. The van der Waals surface area contributed by atoms with Gasteiger partial charge in [-0.1, -0.05) is 0 Å². The highest BCUT2D eigenvalue weighted by atomic mass is 32.2. The third-order valence-electron chi connectivity index (χ3n) is 2.88. The Labute approximate surface area is 187 Å². The predicted octanol–water partition coefficient (Wildman–Crippen LogP) is 0.919. The molecule has 1 aromatic rings. The van der Waals surface area contributed by atoms with Gasteiger partial charge in [-0.15, -0.1) is 0 Å². The minimum atomic E-state index is -6.30. The number of aromatic nitrogens is 2. The first-order chi connectivity index (χ1) is 15.0. The Morgan fingerprint density at radius 2 is 1.44 bits per heavy atom. The van der Waals surface area contributed by atoms with E-state index < -0.39 is 49.7 Å². The smallest absolute Gasteiger partial charge is 0.383 e. The SMILES string of the molecule is CCn1cc[n+](C)c1.COCCNS(=O)(=O)C(F)(F)F.O=C(NS(=O)(=O)C(F)(F)F)C(F)(F)F. The zero-order chi connectivity index (χ0) is 27.6. The van der Waals surface area contributed by atoms with Crippen LogP contribution in [0.1, 0.15) is 6.92 Å². The summed E-state index contributed by atoms with van der Waals surface area (Å²) in [5, 5.41) is 0. The minimum Gasteiger partial charge on any atom is -0.383 e. The highest BCUT2D eigenvalue weighted by molar-refractivity contribution is 7.91. The second-order valence-electron chi connectivity index (χ2n) is 5.62. The number of amides is 1. The normalized spacial score (nSPS) is 12.7. The number of sulfonamides is 2. The first-order valence-corrected chi connectivity index (χ1v) is 11.2. The van der Waals surface area contributed by atoms with Crippen molar-refractivity contribution in [3.05, 3.63) is 18.7 Å². The molecule has 0 atom stereocenters. The van der Waals surface area contributed by atoms with E-state index in [0.717, 1.165) is 6.54 Å². The highest BCUT2D eigenvalue weighted by Gasteiger charge is 2.51. The van der Waals surface area contributed by atoms with Gasteiger partial charge in [0.2, 0.25) is 6.33 Å². The Balaban J connectivity index is 0. The van der Waals surface area contributed by atoms with Gasteiger partial charge in [0.1, 0.15) is 12.4 Å². The number of halogens is 9. The van der Waals surface area contributed by atoms with Crippen molar-refractivity contribution < 1.29 is 70.4 Å². The summed E-state index contributed by atoms with van der Waals surface area (Å²) in [5.74, 6) is -3.20. The van der Waals surface area contributed by atoms with Crippen LogP contribution in [0, 0.1) is 0 Å². The van der Waals surface area contributed by atoms with Gasteiger partial charge in [-0.05, 0) is 6.92 Å². The molecule has 0 aliphatic carbocycles. The molecule has 0 aromatic carbocycles. The summed E-state index contributed by atoms with van der Waals surface area (Å²) < 4.78 is 153. The van der Waals surface area contributed by atoms with Gasteiger partial charge in [-0.2, -0.15) is 47.9 Å². The molecule has 0 saturated heterocycles. The number of nitrogens with one attached hydrogen (secondary N) is 2. The third kappa shape index (κ3) is 12.9. The Kier molecular flexibility index (Phi) is 13.1. The van der Waals surface area contributed by atoms with Crippen molar-refractivity contribution in [1.82, 2.24) is 14.0 Å². The fourth-order valence-electron chi connectivity index (χ4n) is 1.29. The van der Waals surface area contributed by atoms with Crippen LogP contribution in [0.15, 0.2) is 18.7 Å². The van der Waals surface area contributed by atoms with Gasteiger partial charge in [0, 0.05) is 13.7 Å². The fourth-order valence-corrected chi connectivity index (χ4v) is 2.28. The van der Waals surface area contributed by atoms with Crippen LogP contribution in [0.4, 0.5) is 39.5 Å². The van der Waals surface area contributed by atoms with E-state index in [1.54, 1.807) is 0 Å². The van der Waals surface area contributed by atoms with Crippen LogP contribution in [0.5, 0.6) is 0 Å². The monoisotopic (exact) mass is 563 g/mol. The molecule has 1 heterocycles. The molecule has 0 fully saturated rings. The molecule has 2 N–H and O–H groups in total. The van der Waals surface area contributed by atoms with E-state index in [1.165, 1.54) is 11.8 Å². The number of imidazole rings is 1. The number of methoxy groups -OCH3 is 1. The maximum atomic E-state index is 11.6. The molecular weight excluding hydrogens is 543 g/mol. The van der Waals surface area contributed by atoms with Gasteiger partial charge in [0.25, 0.3) is 0 Å². The molecule has 0 saturated carbocycles. The molecule has 1 rings (SSSR count). The van der Waals surface area contributed by atoms with Gasteiger partial charge in [0.15, 0.2) is 0 Å². The number of hydrogen-bond acceptors (Lipinski definition) is 6. The topological polar surface area (TPSA) is 127 Å². The number of aryl methyl sites for hydroxylation is 2. The Morgan fingerprint density at radius 1 is 0.971 bits per heavy atom. The van der Waals surface area contributed by atoms with Crippen molar-refractivity contribution in [2.45, 2.75) is 30.7 Å². The quantitative estimate of drug-likeness (QED) is 0.301. The predicted molar refractivity (Wildman–Crippen MR) is 95.3 cm³/mol. The van der Waals surface area contributed by atoms with E-state index in [2.05, 4.69) is 28.8 Å². The second-order valence-corrected chi connectivity index (χ2v) is 9.06. The highest BCUT2D eigenvalue weighted by Crippen LogP contribution is 2.23. The molecule has 0 bridgehead atoms. The van der Waals surface area contributed by atoms with Gasteiger partial charge in [0.05, 0.1) is 20.2 Å². The lowest BCUT2D eigenvalue weighted by Crippen LogP contribution is -2.46. The van der Waals surface area contributed by atoms with E-state index in [9.17, 15) is 61.1 Å². The van der Waals surface area contributed by atoms with E-state index in [4.69, 9.17) is 0 Å². The zero-order valence-electron chi connectivity index (χ0n) is 17.4. The van der Waals surface area contributed by atoms with Gasteiger partial charge < -0.3 is 4.74 Å². The summed E-state index contributed by atoms with van der Waals surface area (Å²) >= 11 is 0. The molecule has 21 heteroatoms. The zero-order valence-corrected chi connectivity index (χ0v) is 19.0. The first-order valence-electron chi connectivity index (χ1n) is 8.28. The Hall–Kier alpha value is -2.13. The van der Waals surface area contributed by atoms with E-state index in [1.807, 2.05) is 17.8 Å². The number of carbonyl (C=O) groups excluding carboxylic acids is 1. The number of nitrogens with zero attached hydrogens (tertiary/aromatic N) is 2. The average molecular weight is 563 g/mol. The molecule has 1 aromatic heterocycles.